The third-order valence-corrected chi connectivity index (χ3v) is 5.07. The van der Waals surface area contributed by atoms with E-state index in [1.165, 1.54) is 77.0 Å². The van der Waals surface area contributed by atoms with Crippen LogP contribution in [0.15, 0.2) is 18.5 Å². The number of nitrogens with zero attached hydrogens (tertiary/aromatic N) is 1. The van der Waals surface area contributed by atoms with Crippen LogP contribution < -0.4 is 0 Å². The molecule has 1 rings (SSSR count). The van der Waals surface area contributed by atoms with Gasteiger partial charge < -0.3 is 9.67 Å². The molecule has 144 valence electrons. The first-order chi connectivity index (χ1) is 11.9. The molecule has 0 amide bonds. The van der Waals surface area contributed by atoms with Gasteiger partial charge >= 0.3 is 5.97 Å². The van der Waals surface area contributed by atoms with Crippen LogP contribution in [0.25, 0.3) is 0 Å². The fraction of sp³-hybridized carbons (Fsp3) is 0.773. The summed E-state index contributed by atoms with van der Waals surface area (Å²) in [5.41, 5.74) is 0.596. The third kappa shape index (κ3) is 10.4. The molecule has 0 saturated heterocycles. The third-order valence-electron chi connectivity index (χ3n) is 5.07. The lowest BCUT2D eigenvalue weighted by atomic mass is 9.86. The molecule has 0 bridgehead atoms. The number of hydrogen-bond donors (Lipinski definition) is 1. The summed E-state index contributed by atoms with van der Waals surface area (Å²) in [6.45, 7) is 7.72. The van der Waals surface area contributed by atoms with Gasteiger partial charge in [0.2, 0.25) is 0 Å². The molecule has 1 aromatic heterocycles. The van der Waals surface area contributed by atoms with Crippen molar-refractivity contribution in [2.24, 2.45) is 5.41 Å². The Kier molecular flexibility index (Phi) is 10.6. The number of carbonyl (C=O) groups is 1. The van der Waals surface area contributed by atoms with Gasteiger partial charge in [0.15, 0.2) is 0 Å². The summed E-state index contributed by atoms with van der Waals surface area (Å²) >= 11 is 0. The Morgan fingerprint density at radius 3 is 1.96 bits per heavy atom. The highest BCUT2D eigenvalue weighted by Crippen LogP contribution is 2.26. The highest BCUT2D eigenvalue weighted by atomic mass is 16.4. The van der Waals surface area contributed by atoms with Crippen molar-refractivity contribution in [1.82, 2.24) is 4.57 Å². The van der Waals surface area contributed by atoms with Crippen molar-refractivity contribution in [3.05, 3.63) is 24.0 Å². The Labute approximate surface area is 154 Å². The lowest BCUT2D eigenvalue weighted by Gasteiger charge is -2.25. The molecule has 0 radical (unpaired) electrons. The van der Waals surface area contributed by atoms with Crippen LogP contribution in [0.3, 0.4) is 0 Å². The second-order valence-corrected chi connectivity index (χ2v) is 8.33. The van der Waals surface area contributed by atoms with Gasteiger partial charge in [-0.25, -0.2) is 4.79 Å². The molecule has 0 saturated carbocycles. The summed E-state index contributed by atoms with van der Waals surface area (Å²) in [4.78, 5) is 11.0. The maximum absolute atomic E-state index is 11.0. The first-order valence-corrected chi connectivity index (χ1v) is 10.3. The number of carboxylic acid groups (broad SMARTS) is 1. The average Bonchev–Trinajstić information content (AvgIpc) is 3.00. The highest BCUT2D eigenvalue weighted by Gasteiger charge is 2.18. The first kappa shape index (κ1) is 21.8. The predicted molar refractivity (Wildman–Crippen MR) is 106 cm³/mol. The lowest BCUT2D eigenvalue weighted by molar-refractivity contribution is 0.0696. The van der Waals surface area contributed by atoms with Crippen molar-refractivity contribution >= 4 is 5.97 Å². The van der Waals surface area contributed by atoms with Gasteiger partial charge in [-0.2, -0.15) is 0 Å². The molecule has 0 atom stereocenters. The van der Waals surface area contributed by atoms with Gasteiger partial charge in [-0.1, -0.05) is 91.4 Å². The zero-order valence-corrected chi connectivity index (χ0v) is 16.7. The molecule has 3 heteroatoms. The quantitative estimate of drug-likeness (QED) is 0.349. The van der Waals surface area contributed by atoms with Crippen LogP contribution in [0.2, 0.25) is 0 Å². The Morgan fingerprint density at radius 2 is 1.48 bits per heavy atom. The molecule has 3 nitrogen and oxygen atoms in total. The first-order valence-electron chi connectivity index (χ1n) is 10.3. The number of rotatable bonds is 15. The van der Waals surface area contributed by atoms with E-state index < -0.39 is 5.97 Å². The lowest BCUT2D eigenvalue weighted by Crippen LogP contribution is -2.18. The van der Waals surface area contributed by atoms with E-state index in [0.717, 1.165) is 6.54 Å². The minimum absolute atomic E-state index is 0.216. The summed E-state index contributed by atoms with van der Waals surface area (Å²) < 4.78 is 2.02. The minimum Gasteiger partial charge on any atom is -0.478 e. The van der Waals surface area contributed by atoms with Crippen LogP contribution in [-0.4, -0.2) is 15.6 Å². The number of hydrogen-bond acceptors (Lipinski definition) is 1. The number of aromatic nitrogens is 1. The van der Waals surface area contributed by atoms with E-state index in [1.807, 2.05) is 10.8 Å². The molecule has 0 spiro atoms. The van der Waals surface area contributed by atoms with E-state index in [0.29, 0.717) is 5.56 Å². The van der Waals surface area contributed by atoms with Gasteiger partial charge in [-0.05, 0) is 17.9 Å². The Hall–Kier alpha value is -1.25. The van der Waals surface area contributed by atoms with E-state index in [4.69, 9.17) is 5.11 Å². The molecule has 1 N–H and O–H groups in total. The maximum atomic E-state index is 11.0. The minimum atomic E-state index is -0.845. The largest absolute Gasteiger partial charge is 0.478 e. The molecule has 1 heterocycles. The zero-order chi connectivity index (χ0) is 18.5. The van der Waals surface area contributed by atoms with Crippen LogP contribution in [0.4, 0.5) is 0 Å². The standard InChI is InChI=1S/C22H39NO2/c1-4-5-6-7-8-9-10-11-12-13-14-16-22(2,3)19-23-17-15-20(18-23)21(24)25/h15,17-18H,4-14,16,19H2,1-3H3,(H,24,25). The summed E-state index contributed by atoms with van der Waals surface area (Å²) in [5.74, 6) is -0.845. The second kappa shape index (κ2) is 12.2. The molecule has 0 aliphatic rings. The van der Waals surface area contributed by atoms with Crippen LogP contribution in [0, 0.1) is 5.41 Å². The molecule has 1 aromatic rings. The van der Waals surface area contributed by atoms with Gasteiger partial charge in [-0.15, -0.1) is 0 Å². The molecule has 0 aliphatic carbocycles. The molecular weight excluding hydrogens is 310 g/mol. The van der Waals surface area contributed by atoms with E-state index in [2.05, 4.69) is 20.8 Å². The Balaban J connectivity index is 2.05. The summed E-state index contributed by atoms with van der Waals surface area (Å²) in [6.07, 6.45) is 20.0. The summed E-state index contributed by atoms with van der Waals surface area (Å²) in [5, 5.41) is 9.00. The van der Waals surface area contributed by atoms with Crippen LogP contribution in [-0.2, 0) is 6.54 Å². The topological polar surface area (TPSA) is 42.2 Å². The zero-order valence-electron chi connectivity index (χ0n) is 16.7. The van der Waals surface area contributed by atoms with E-state index in [1.54, 1.807) is 12.3 Å². The smallest absolute Gasteiger partial charge is 0.337 e. The predicted octanol–water partition coefficient (Wildman–Crippen LogP) is 6.91. The Morgan fingerprint density at radius 1 is 0.960 bits per heavy atom. The van der Waals surface area contributed by atoms with Crippen molar-refractivity contribution < 1.29 is 9.90 Å². The number of aromatic carboxylic acids is 1. The van der Waals surface area contributed by atoms with Gasteiger partial charge in [0.1, 0.15) is 0 Å². The normalized spacial score (nSPS) is 11.8. The van der Waals surface area contributed by atoms with Crippen molar-refractivity contribution in [3.63, 3.8) is 0 Å². The van der Waals surface area contributed by atoms with Crippen LogP contribution in [0.1, 0.15) is 108 Å². The number of carboxylic acids is 1. The van der Waals surface area contributed by atoms with Gasteiger partial charge in [0.05, 0.1) is 5.56 Å². The molecule has 25 heavy (non-hydrogen) atoms. The molecule has 0 fully saturated rings. The number of unbranched alkanes of at least 4 members (excludes halogenated alkanes) is 10. The van der Waals surface area contributed by atoms with Crippen molar-refractivity contribution in [2.45, 2.75) is 104 Å². The van der Waals surface area contributed by atoms with Crippen LogP contribution >= 0.6 is 0 Å². The summed E-state index contributed by atoms with van der Waals surface area (Å²) in [7, 11) is 0. The summed E-state index contributed by atoms with van der Waals surface area (Å²) in [6, 6.07) is 1.68. The highest BCUT2D eigenvalue weighted by molar-refractivity contribution is 5.87. The molecular formula is C22H39NO2. The monoisotopic (exact) mass is 349 g/mol. The van der Waals surface area contributed by atoms with Crippen molar-refractivity contribution in [2.75, 3.05) is 0 Å². The van der Waals surface area contributed by atoms with Gasteiger partial charge in [-0.3, -0.25) is 0 Å². The van der Waals surface area contributed by atoms with Crippen molar-refractivity contribution in [1.29, 1.82) is 0 Å². The Bertz CT molecular complexity index is 476. The SMILES string of the molecule is CCCCCCCCCCCCCC(C)(C)Cn1ccc(C(=O)O)c1. The molecule has 0 unspecified atom stereocenters. The fourth-order valence-electron chi connectivity index (χ4n) is 3.51. The molecule has 0 aliphatic heterocycles. The second-order valence-electron chi connectivity index (χ2n) is 8.33. The van der Waals surface area contributed by atoms with Gasteiger partial charge in [0.25, 0.3) is 0 Å². The maximum Gasteiger partial charge on any atom is 0.337 e. The fourth-order valence-corrected chi connectivity index (χ4v) is 3.51. The van der Waals surface area contributed by atoms with Crippen LogP contribution in [0.5, 0.6) is 0 Å². The average molecular weight is 350 g/mol. The molecule has 0 aromatic carbocycles. The van der Waals surface area contributed by atoms with Crippen molar-refractivity contribution in [3.8, 4) is 0 Å². The van der Waals surface area contributed by atoms with Gasteiger partial charge in [0, 0.05) is 18.9 Å². The van der Waals surface area contributed by atoms with E-state index in [-0.39, 0.29) is 5.41 Å². The van der Waals surface area contributed by atoms with E-state index in [9.17, 15) is 4.79 Å². The van der Waals surface area contributed by atoms with E-state index >= 15 is 0 Å².